The van der Waals surface area contributed by atoms with E-state index in [-0.39, 0.29) is 0 Å². The van der Waals surface area contributed by atoms with Crippen molar-refractivity contribution in [3.63, 3.8) is 0 Å². The summed E-state index contributed by atoms with van der Waals surface area (Å²) in [5, 5.41) is 2.98. The van der Waals surface area contributed by atoms with Gasteiger partial charge >= 0.3 is 0 Å². The Balaban J connectivity index is 2.41. The van der Waals surface area contributed by atoms with E-state index in [2.05, 4.69) is 29.1 Å². The number of hydrogen-bond acceptors (Lipinski definition) is 5. The molecule has 0 aliphatic rings. The molecule has 0 unspecified atom stereocenters. The standard InChI is InChI=1S/C10H18N4O/c1-8(2)7-15-9-5-13-10(14-6-9)12-4-3-11/h5-6,8H,3-4,7,11H2,1-2H3,(H,12,13,14). The molecule has 0 atom stereocenters. The van der Waals surface area contributed by atoms with Gasteiger partial charge < -0.3 is 15.8 Å². The molecule has 84 valence electrons. The monoisotopic (exact) mass is 210 g/mol. The average molecular weight is 210 g/mol. The van der Waals surface area contributed by atoms with Crippen LogP contribution in [0.25, 0.3) is 0 Å². The molecule has 0 aliphatic carbocycles. The van der Waals surface area contributed by atoms with Crippen molar-refractivity contribution in [2.24, 2.45) is 11.7 Å². The summed E-state index contributed by atoms with van der Waals surface area (Å²) in [5.74, 6) is 1.78. The largest absolute Gasteiger partial charge is 0.490 e. The van der Waals surface area contributed by atoms with Crippen molar-refractivity contribution < 1.29 is 4.74 Å². The minimum absolute atomic E-state index is 0.500. The van der Waals surface area contributed by atoms with Crippen molar-refractivity contribution in [3.8, 4) is 5.75 Å². The van der Waals surface area contributed by atoms with Crippen LogP contribution in [0.5, 0.6) is 5.75 Å². The lowest BCUT2D eigenvalue weighted by Crippen LogP contribution is -2.14. The highest BCUT2D eigenvalue weighted by Crippen LogP contribution is 2.09. The van der Waals surface area contributed by atoms with Gasteiger partial charge in [0, 0.05) is 13.1 Å². The molecule has 0 bridgehead atoms. The molecule has 1 rings (SSSR count). The molecule has 1 heterocycles. The second kappa shape index (κ2) is 6.19. The molecule has 0 saturated carbocycles. The Kier molecular flexibility index (Phi) is 4.83. The maximum absolute atomic E-state index is 5.45. The van der Waals surface area contributed by atoms with Crippen molar-refractivity contribution in [3.05, 3.63) is 12.4 Å². The van der Waals surface area contributed by atoms with Crippen molar-refractivity contribution >= 4 is 5.95 Å². The second-order valence-corrected chi connectivity index (χ2v) is 3.66. The fourth-order valence-electron chi connectivity index (χ4n) is 0.929. The summed E-state index contributed by atoms with van der Waals surface area (Å²) in [6, 6.07) is 0. The van der Waals surface area contributed by atoms with Gasteiger partial charge in [-0.05, 0) is 5.92 Å². The van der Waals surface area contributed by atoms with Crippen LogP contribution in [0.1, 0.15) is 13.8 Å². The van der Waals surface area contributed by atoms with E-state index >= 15 is 0 Å². The van der Waals surface area contributed by atoms with Gasteiger partial charge in [0.1, 0.15) is 0 Å². The molecule has 1 aromatic heterocycles. The Labute approximate surface area is 90.1 Å². The van der Waals surface area contributed by atoms with Crippen LogP contribution in [0.15, 0.2) is 12.4 Å². The van der Waals surface area contributed by atoms with Gasteiger partial charge in [-0.1, -0.05) is 13.8 Å². The summed E-state index contributed by atoms with van der Waals surface area (Å²) < 4.78 is 5.45. The topological polar surface area (TPSA) is 73.1 Å². The number of rotatable bonds is 6. The third kappa shape index (κ3) is 4.60. The Morgan fingerprint density at radius 2 is 2.07 bits per heavy atom. The number of ether oxygens (including phenoxy) is 1. The third-order valence-corrected chi connectivity index (χ3v) is 1.64. The summed E-state index contributed by atoms with van der Waals surface area (Å²) in [5.41, 5.74) is 5.34. The van der Waals surface area contributed by atoms with Gasteiger partial charge in [-0.15, -0.1) is 0 Å². The maximum atomic E-state index is 5.45. The van der Waals surface area contributed by atoms with Crippen LogP contribution in [0.3, 0.4) is 0 Å². The number of anilines is 1. The number of nitrogens with zero attached hydrogens (tertiary/aromatic N) is 2. The molecule has 0 aliphatic heterocycles. The van der Waals surface area contributed by atoms with Crippen LogP contribution in [0.4, 0.5) is 5.95 Å². The van der Waals surface area contributed by atoms with Gasteiger partial charge in [0.05, 0.1) is 19.0 Å². The van der Waals surface area contributed by atoms with Crippen molar-refractivity contribution in [1.29, 1.82) is 0 Å². The van der Waals surface area contributed by atoms with Gasteiger partial charge in [0.2, 0.25) is 5.95 Å². The van der Waals surface area contributed by atoms with E-state index in [4.69, 9.17) is 10.5 Å². The number of hydrogen-bond donors (Lipinski definition) is 2. The molecule has 0 aromatic carbocycles. The SMILES string of the molecule is CC(C)COc1cnc(NCCN)nc1. The van der Waals surface area contributed by atoms with Crippen LogP contribution in [0.2, 0.25) is 0 Å². The van der Waals surface area contributed by atoms with E-state index in [0.29, 0.717) is 37.3 Å². The van der Waals surface area contributed by atoms with Crippen LogP contribution in [-0.2, 0) is 0 Å². The van der Waals surface area contributed by atoms with Crippen LogP contribution in [-0.4, -0.2) is 29.7 Å². The summed E-state index contributed by atoms with van der Waals surface area (Å²) in [7, 11) is 0. The molecule has 15 heavy (non-hydrogen) atoms. The minimum Gasteiger partial charge on any atom is -0.490 e. The van der Waals surface area contributed by atoms with Gasteiger partial charge in [-0.2, -0.15) is 0 Å². The molecular weight excluding hydrogens is 192 g/mol. The number of aromatic nitrogens is 2. The van der Waals surface area contributed by atoms with Gasteiger partial charge in [0.25, 0.3) is 0 Å². The average Bonchev–Trinajstić information content (AvgIpc) is 2.25. The summed E-state index contributed by atoms with van der Waals surface area (Å²) in [4.78, 5) is 8.18. The van der Waals surface area contributed by atoms with Gasteiger partial charge in [0.15, 0.2) is 5.75 Å². The van der Waals surface area contributed by atoms with E-state index < -0.39 is 0 Å². The lowest BCUT2D eigenvalue weighted by atomic mass is 10.2. The molecule has 5 nitrogen and oxygen atoms in total. The number of nitrogens with one attached hydrogen (secondary N) is 1. The van der Waals surface area contributed by atoms with E-state index in [1.165, 1.54) is 0 Å². The van der Waals surface area contributed by atoms with E-state index in [1.54, 1.807) is 12.4 Å². The molecule has 5 heteroatoms. The van der Waals surface area contributed by atoms with Crippen LogP contribution in [0, 0.1) is 5.92 Å². The first-order valence-electron chi connectivity index (χ1n) is 5.11. The maximum Gasteiger partial charge on any atom is 0.222 e. The summed E-state index contributed by atoms with van der Waals surface area (Å²) >= 11 is 0. The highest BCUT2D eigenvalue weighted by atomic mass is 16.5. The zero-order valence-electron chi connectivity index (χ0n) is 9.23. The van der Waals surface area contributed by atoms with Crippen molar-refractivity contribution in [1.82, 2.24) is 9.97 Å². The predicted molar refractivity (Wildman–Crippen MR) is 59.9 cm³/mol. The summed E-state index contributed by atoms with van der Waals surface area (Å²) in [6.45, 7) is 6.11. The van der Waals surface area contributed by atoms with Crippen LogP contribution < -0.4 is 15.8 Å². The first-order chi connectivity index (χ1) is 7.22. The molecule has 3 N–H and O–H groups in total. The highest BCUT2D eigenvalue weighted by molar-refractivity contribution is 5.26. The molecular formula is C10H18N4O. The highest BCUT2D eigenvalue weighted by Gasteiger charge is 1.99. The molecule has 0 amide bonds. The molecule has 0 fully saturated rings. The van der Waals surface area contributed by atoms with Gasteiger partial charge in [-0.3, -0.25) is 0 Å². The van der Waals surface area contributed by atoms with Crippen LogP contribution >= 0.6 is 0 Å². The smallest absolute Gasteiger partial charge is 0.222 e. The quantitative estimate of drug-likeness (QED) is 0.729. The molecule has 0 spiro atoms. The van der Waals surface area contributed by atoms with E-state index in [0.717, 1.165) is 0 Å². The molecule has 1 aromatic rings. The minimum atomic E-state index is 0.500. The normalized spacial score (nSPS) is 10.4. The Morgan fingerprint density at radius 1 is 1.40 bits per heavy atom. The fraction of sp³-hybridized carbons (Fsp3) is 0.600. The lowest BCUT2D eigenvalue weighted by molar-refractivity contribution is 0.269. The lowest BCUT2D eigenvalue weighted by Gasteiger charge is -2.08. The number of nitrogens with two attached hydrogens (primary N) is 1. The van der Waals surface area contributed by atoms with E-state index in [9.17, 15) is 0 Å². The summed E-state index contributed by atoms with van der Waals surface area (Å²) in [6.07, 6.45) is 3.32. The Hall–Kier alpha value is -1.36. The second-order valence-electron chi connectivity index (χ2n) is 3.66. The first-order valence-corrected chi connectivity index (χ1v) is 5.11. The third-order valence-electron chi connectivity index (χ3n) is 1.64. The zero-order chi connectivity index (χ0) is 11.1. The fourth-order valence-corrected chi connectivity index (χ4v) is 0.929. The van der Waals surface area contributed by atoms with Gasteiger partial charge in [-0.25, -0.2) is 9.97 Å². The molecule has 0 radical (unpaired) electrons. The molecule has 0 saturated heterocycles. The Morgan fingerprint density at radius 3 is 2.60 bits per heavy atom. The first kappa shape index (κ1) is 11.7. The predicted octanol–water partition coefficient (Wildman–Crippen LogP) is 0.882. The Bertz CT molecular complexity index is 273. The van der Waals surface area contributed by atoms with E-state index in [1.807, 2.05) is 0 Å². The zero-order valence-corrected chi connectivity index (χ0v) is 9.23. The van der Waals surface area contributed by atoms with Crippen molar-refractivity contribution in [2.45, 2.75) is 13.8 Å². The van der Waals surface area contributed by atoms with Crippen molar-refractivity contribution in [2.75, 3.05) is 25.0 Å².